The van der Waals surface area contributed by atoms with Crippen LogP contribution in [0.25, 0.3) is 0 Å². The Bertz CT molecular complexity index is 457. The van der Waals surface area contributed by atoms with Gasteiger partial charge in [-0.1, -0.05) is 20.8 Å². The first-order valence-electron chi connectivity index (χ1n) is 7.86. The number of thiophene rings is 1. The number of carbonyl (C=O) groups is 1. The standard InChI is InChI=1S/C16H28N4OS/c1-5-17-16(19-8-7-18-15(21)12(2)3)20-10-13(4)14-6-9-22-11-14/h6,9,11-13H,5,7-8,10H2,1-4H3,(H,18,21)(H2,17,19,20). The van der Waals surface area contributed by atoms with Gasteiger partial charge < -0.3 is 16.0 Å². The maximum Gasteiger partial charge on any atom is 0.222 e. The number of rotatable bonds is 8. The largest absolute Gasteiger partial charge is 0.357 e. The number of nitrogens with zero attached hydrogens (tertiary/aromatic N) is 1. The predicted octanol–water partition coefficient (Wildman–Crippen LogP) is 2.18. The Morgan fingerprint density at radius 2 is 1.95 bits per heavy atom. The van der Waals surface area contributed by atoms with E-state index in [2.05, 4.69) is 44.7 Å². The lowest BCUT2D eigenvalue weighted by Gasteiger charge is -2.14. The average Bonchev–Trinajstić information content (AvgIpc) is 3.02. The molecule has 0 fully saturated rings. The van der Waals surface area contributed by atoms with Crippen molar-refractivity contribution < 1.29 is 4.79 Å². The van der Waals surface area contributed by atoms with Crippen molar-refractivity contribution in [2.24, 2.45) is 10.9 Å². The van der Waals surface area contributed by atoms with E-state index in [1.54, 1.807) is 11.3 Å². The van der Waals surface area contributed by atoms with Crippen molar-refractivity contribution in [3.8, 4) is 0 Å². The quantitative estimate of drug-likeness (QED) is 0.390. The van der Waals surface area contributed by atoms with E-state index in [0.717, 1.165) is 19.0 Å². The van der Waals surface area contributed by atoms with Crippen LogP contribution < -0.4 is 16.0 Å². The number of aliphatic imine (C=N–C) groups is 1. The van der Waals surface area contributed by atoms with E-state index in [-0.39, 0.29) is 11.8 Å². The highest BCUT2D eigenvalue weighted by Gasteiger charge is 2.07. The van der Waals surface area contributed by atoms with Crippen LogP contribution in [0.5, 0.6) is 0 Å². The number of nitrogens with one attached hydrogen (secondary N) is 3. The Morgan fingerprint density at radius 1 is 1.23 bits per heavy atom. The molecule has 22 heavy (non-hydrogen) atoms. The minimum atomic E-state index is 0.0216. The van der Waals surface area contributed by atoms with Gasteiger partial charge in [-0.3, -0.25) is 9.79 Å². The molecule has 6 heteroatoms. The maximum atomic E-state index is 11.5. The first-order valence-corrected chi connectivity index (χ1v) is 8.80. The maximum absolute atomic E-state index is 11.5. The Morgan fingerprint density at radius 3 is 2.55 bits per heavy atom. The number of carbonyl (C=O) groups excluding carboxylic acids is 1. The van der Waals surface area contributed by atoms with Crippen molar-refractivity contribution in [3.63, 3.8) is 0 Å². The Hall–Kier alpha value is -1.56. The Labute approximate surface area is 137 Å². The number of hydrogen-bond donors (Lipinski definition) is 3. The molecule has 124 valence electrons. The zero-order valence-corrected chi connectivity index (χ0v) is 14.8. The van der Waals surface area contributed by atoms with Crippen LogP contribution in [-0.4, -0.2) is 38.0 Å². The normalized spacial score (nSPS) is 13.0. The fourth-order valence-corrected chi connectivity index (χ4v) is 2.58. The number of guanidine groups is 1. The van der Waals surface area contributed by atoms with E-state index in [4.69, 9.17) is 0 Å². The van der Waals surface area contributed by atoms with Gasteiger partial charge >= 0.3 is 0 Å². The number of amides is 1. The molecule has 1 aromatic rings. The van der Waals surface area contributed by atoms with Gasteiger partial charge in [0.05, 0.1) is 0 Å². The first kappa shape index (κ1) is 18.5. The van der Waals surface area contributed by atoms with E-state index < -0.39 is 0 Å². The first-order chi connectivity index (χ1) is 10.5. The lowest BCUT2D eigenvalue weighted by Crippen LogP contribution is -2.42. The predicted molar refractivity (Wildman–Crippen MR) is 94.6 cm³/mol. The van der Waals surface area contributed by atoms with Crippen LogP contribution in [0.4, 0.5) is 0 Å². The second-order valence-electron chi connectivity index (χ2n) is 5.55. The van der Waals surface area contributed by atoms with Gasteiger partial charge in [-0.05, 0) is 29.3 Å². The highest BCUT2D eigenvalue weighted by molar-refractivity contribution is 7.07. The molecule has 0 saturated heterocycles. The topological polar surface area (TPSA) is 65.5 Å². The van der Waals surface area contributed by atoms with Crippen molar-refractivity contribution in [3.05, 3.63) is 22.4 Å². The van der Waals surface area contributed by atoms with Gasteiger partial charge in [0.2, 0.25) is 5.91 Å². The molecule has 0 aliphatic rings. The van der Waals surface area contributed by atoms with Gasteiger partial charge in [0.25, 0.3) is 0 Å². The molecule has 1 aromatic heterocycles. The fourth-order valence-electron chi connectivity index (χ4n) is 1.80. The van der Waals surface area contributed by atoms with E-state index in [9.17, 15) is 4.79 Å². The summed E-state index contributed by atoms with van der Waals surface area (Å²) in [5.41, 5.74) is 1.33. The van der Waals surface area contributed by atoms with Crippen molar-refractivity contribution in [2.45, 2.75) is 33.6 Å². The van der Waals surface area contributed by atoms with Gasteiger partial charge in [0, 0.05) is 38.0 Å². The third-order valence-electron chi connectivity index (χ3n) is 3.22. The van der Waals surface area contributed by atoms with Crippen molar-refractivity contribution in [1.82, 2.24) is 16.0 Å². The van der Waals surface area contributed by atoms with Gasteiger partial charge in [0.15, 0.2) is 5.96 Å². The Kier molecular flexibility index (Phi) is 8.58. The van der Waals surface area contributed by atoms with Crippen molar-refractivity contribution in [2.75, 3.05) is 26.2 Å². The molecule has 3 N–H and O–H groups in total. The van der Waals surface area contributed by atoms with Gasteiger partial charge in [-0.15, -0.1) is 0 Å². The molecular weight excluding hydrogens is 296 g/mol. The summed E-state index contributed by atoms with van der Waals surface area (Å²) in [5, 5.41) is 13.6. The smallest absolute Gasteiger partial charge is 0.222 e. The van der Waals surface area contributed by atoms with Crippen LogP contribution in [0.2, 0.25) is 0 Å². The minimum Gasteiger partial charge on any atom is -0.357 e. The van der Waals surface area contributed by atoms with Crippen LogP contribution in [0.1, 0.15) is 39.2 Å². The summed E-state index contributed by atoms with van der Waals surface area (Å²) in [7, 11) is 0. The third-order valence-corrected chi connectivity index (χ3v) is 3.92. The summed E-state index contributed by atoms with van der Waals surface area (Å²) in [6.07, 6.45) is 0. The molecule has 1 heterocycles. The molecule has 1 unspecified atom stereocenters. The fraction of sp³-hybridized carbons (Fsp3) is 0.625. The lowest BCUT2D eigenvalue weighted by molar-refractivity contribution is -0.123. The van der Waals surface area contributed by atoms with E-state index in [0.29, 0.717) is 19.0 Å². The van der Waals surface area contributed by atoms with E-state index in [1.165, 1.54) is 5.56 Å². The molecule has 0 saturated carbocycles. The van der Waals surface area contributed by atoms with Crippen LogP contribution in [0, 0.1) is 5.92 Å². The zero-order chi connectivity index (χ0) is 16.4. The molecule has 0 aliphatic carbocycles. The van der Waals surface area contributed by atoms with Crippen LogP contribution in [0.15, 0.2) is 21.8 Å². The summed E-state index contributed by atoms with van der Waals surface area (Å²) < 4.78 is 0. The molecular formula is C16H28N4OS. The zero-order valence-electron chi connectivity index (χ0n) is 14.0. The lowest BCUT2D eigenvalue weighted by atomic mass is 10.1. The molecule has 0 aromatic carbocycles. The third kappa shape index (κ3) is 6.93. The summed E-state index contributed by atoms with van der Waals surface area (Å²) in [5.74, 6) is 1.30. The monoisotopic (exact) mass is 324 g/mol. The van der Waals surface area contributed by atoms with Crippen molar-refractivity contribution >= 4 is 23.2 Å². The minimum absolute atomic E-state index is 0.0216. The Balaban J connectivity index is 2.37. The molecule has 0 radical (unpaired) electrons. The van der Waals surface area contributed by atoms with Gasteiger partial charge in [0.1, 0.15) is 0 Å². The average molecular weight is 324 g/mol. The molecule has 5 nitrogen and oxygen atoms in total. The summed E-state index contributed by atoms with van der Waals surface area (Å²) >= 11 is 1.71. The number of hydrogen-bond acceptors (Lipinski definition) is 3. The summed E-state index contributed by atoms with van der Waals surface area (Å²) in [4.78, 5) is 16.1. The second-order valence-corrected chi connectivity index (χ2v) is 6.33. The van der Waals surface area contributed by atoms with E-state index in [1.807, 2.05) is 20.8 Å². The van der Waals surface area contributed by atoms with Crippen LogP contribution >= 0.6 is 11.3 Å². The summed E-state index contributed by atoms with van der Waals surface area (Å²) in [6.45, 7) is 10.8. The van der Waals surface area contributed by atoms with Gasteiger partial charge in [-0.25, -0.2) is 0 Å². The van der Waals surface area contributed by atoms with E-state index >= 15 is 0 Å². The molecule has 0 aliphatic heterocycles. The van der Waals surface area contributed by atoms with Gasteiger partial charge in [-0.2, -0.15) is 11.3 Å². The SMILES string of the molecule is CCNC(=NCC(C)c1ccsc1)NCCNC(=O)C(C)C. The second kappa shape index (κ2) is 10.2. The summed E-state index contributed by atoms with van der Waals surface area (Å²) in [6, 6.07) is 2.15. The highest BCUT2D eigenvalue weighted by atomic mass is 32.1. The molecule has 1 amide bonds. The molecule has 0 spiro atoms. The highest BCUT2D eigenvalue weighted by Crippen LogP contribution is 2.18. The van der Waals surface area contributed by atoms with Crippen LogP contribution in [0.3, 0.4) is 0 Å². The molecule has 0 bridgehead atoms. The molecule has 1 atom stereocenters. The van der Waals surface area contributed by atoms with Crippen LogP contribution in [-0.2, 0) is 4.79 Å². The van der Waals surface area contributed by atoms with Crippen molar-refractivity contribution in [1.29, 1.82) is 0 Å². The molecule has 1 rings (SSSR count).